The Kier molecular flexibility index (Phi) is 7.41. The van der Waals surface area contributed by atoms with E-state index >= 15 is 0 Å². The van der Waals surface area contributed by atoms with Crippen LogP contribution in [-0.4, -0.2) is 30.8 Å². The summed E-state index contributed by atoms with van der Waals surface area (Å²) in [5, 5.41) is 2.42. The summed E-state index contributed by atoms with van der Waals surface area (Å²) in [5.74, 6) is 2.12. The first-order chi connectivity index (χ1) is 10.0. The van der Waals surface area contributed by atoms with E-state index in [0.717, 1.165) is 4.90 Å². The average molecular weight is 305 g/mol. The van der Waals surface area contributed by atoms with Gasteiger partial charge >= 0.3 is 5.97 Å². The highest BCUT2D eigenvalue weighted by molar-refractivity contribution is 7.99. The Balaban J connectivity index is 2.23. The van der Waals surface area contributed by atoms with Crippen LogP contribution in [0.1, 0.15) is 17.5 Å². The van der Waals surface area contributed by atoms with Crippen LogP contribution in [0.3, 0.4) is 0 Å². The molecule has 1 N–H and O–H groups in total. The lowest BCUT2D eigenvalue weighted by atomic mass is 10.1. The van der Waals surface area contributed by atoms with Gasteiger partial charge in [0.1, 0.15) is 0 Å². The van der Waals surface area contributed by atoms with Gasteiger partial charge < -0.3 is 10.1 Å². The molecule has 21 heavy (non-hydrogen) atoms. The highest BCUT2D eigenvalue weighted by atomic mass is 32.2. The zero-order valence-corrected chi connectivity index (χ0v) is 13.1. The summed E-state index contributed by atoms with van der Waals surface area (Å²) in [7, 11) is 0. The molecular formula is C16H19NO3S. The van der Waals surface area contributed by atoms with Crippen molar-refractivity contribution >= 4 is 23.6 Å². The summed E-state index contributed by atoms with van der Waals surface area (Å²) < 4.78 is 4.85. The van der Waals surface area contributed by atoms with Gasteiger partial charge in [0.05, 0.1) is 13.0 Å². The van der Waals surface area contributed by atoms with E-state index in [9.17, 15) is 9.59 Å². The first-order valence-electron chi connectivity index (χ1n) is 6.58. The standard InChI is InChI=1S/C16H19NO3S/c1-4-8-17-15(18)11-20-16(19)7-9-21-14-6-5-12(2)13(3)10-14/h1,5-6,10H,7-9,11H2,2-3H3,(H,17,18). The number of hydrogen-bond donors (Lipinski definition) is 1. The van der Waals surface area contributed by atoms with Crippen LogP contribution in [0.5, 0.6) is 0 Å². The summed E-state index contributed by atoms with van der Waals surface area (Å²) in [6.07, 6.45) is 5.26. The predicted molar refractivity (Wildman–Crippen MR) is 84.1 cm³/mol. The summed E-state index contributed by atoms with van der Waals surface area (Å²) in [6, 6.07) is 6.19. The number of rotatable bonds is 7. The van der Waals surface area contributed by atoms with Gasteiger partial charge in [0.15, 0.2) is 6.61 Å². The molecule has 0 aliphatic rings. The van der Waals surface area contributed by atoms with Gasteiger partial charge in [-0.05, 0) is 37.1 Å². The molecule has 0 bridgehead atoms. The Morgan fingerprint density at radius 1 is 1.33 bits per heavy atom. The molecule has 4 nitrogen and oxygen atoms in total. The summed E-state index contributed by atoms with van der Waals surface area (Å²) in [4.78, 5) is 23.8. The number of esters is 1. The molecule has 0 saturated carbocycles. The number of amides is 1. The number of ether oxygens (including phenoxy) is 1. The second-order valence-electron chi connectivity index (χ2n) is 4.49. The van der Waals surface area contributed by atoms with E-state index in [1.807, 2.05) is 6.07 Å². The zero-order chi connectivity index (χ0) is 15.7. The smallest absolute Gasteiger partial charge is 0.307 e. The minimum Gasteiger partial charge on any atom is -0.456 e. The first-order valence-corrected chi connectivity index (χ1v) is 7.57. The van der Waals surface area contributed by atoms with Crippen LogP contribution in [0.25, 0.3) is 0 Å². The average Bonchev–Trinajstić information content (AvgIpc) is 2.46. The SMILES string of the molecule is C#CCNC(=O)COC(=O)CCSc1ccc(C)c(C)c1. The Hall–Kier alpha value is -1.93. The van der Waals surface area contributed by atoms with Crippen LogP contribution < -0.4 is 5.32 Å². The molecular weight excluding hydrogens is 286 g/mol. The molecule has 1 amide bonds. The van der Waals surface area contributed by atoms with Crippen LogP contribution in [0, 0.1) is 26.2 Å². The van der Waals surface area contributed by atoms with Crippen LogP contribution in [0.4, 0.5) is 0 Å². The van der Waals surface area contributed by atoms with Crippen LogP contribution in [0.2, 0.25) is 0 Å². The molecule has 0 heterocycles. The molecule has 0 atom stereocenters. The third-order valence-corrected chi connectivity index (χ3v) is 3.80. The molecule has 0 radical (unpaired) electrons. The van der Waals surface area contributed by atoms with Crippen molar-refractivity contribution in [2.45, 2.75) is 25.2 Å². The second-order valence-corrected chi connectivity index (χ2v) is 5.65. The molecule has 0 unspecified atom stereocenters. The van der Waals surface area contributed by atoms with Crippen LogP contribution in [0.15, 0.2) is 23.1 Å². The van der Waals surface area contributed by atoms with Crippen molar-refractivity contribution in [2.75, 3.05) is 18.9 Å². The van der Waals surface area contributed by atoms with Gasteiger partial charge in [0.25, 0.3) is 5.91 Å². The Morgan fingerprint density at radius 2 is 2.10 bits per heavy atom. The molecule has 112 valence electrons. The maximum atomic E-state index is 11.5. The van der Waals surface area contributed by atoms with Gasteiger partial charge in [-0.2, -0.15) is 0 Å². The molecule has 1 rings (SSSR count). The first kappa shape index (κ1) is 17.1. The molecule has 1 aromatic rings. The normalized spacial score (nSPS) is 9.76. The summed E-state index contributed by atoms with van der Waals surface area (Å²) in [6.45, 7) is 3.97. The highest BCUT2D eigenvalue weighted by Gasteiger charge is 2.07. The van der Waals surface area contributed by atoms with Crippen molar-refractivity contribution in [1.82, 2.24) is 5.32 Å². The zero-order valence-electron chi connectivity index (χ0n) is 12.3. The van der Waals surface area contributed by atoms with Gasteiger partial charge in [-0.1, -0.05) is 12.0 Å². The van der Waals surface area contributed by atoms with Crippen molar-refractivity contribution in [3.05, 3.63) is 29.3 Å². The largest absolute Gasteiger partial charge is 0.456 e. The third kappa shape index (κ3) is 6.87. The molecule has 0 fully saturated rings. The molecule has 0 spiro atoms. The van der Waals surface area contributed by atoms with Crippen molar-refractivity contribution in [3.8, 4) is 12.3 Å². The predicted octanol–water partition coefficient (Wildman–Crippen LogP) is 2.08. The summed E-state index contributed by atoms with van der Waals surface area (Å²) in [5.41, 5.74) is 2.48. The van der Waals surface area contributed by atoms with Gasteiger partial charge in [-0.3, -0.25) is 9.59 Å². The topological polar surface area (TPSA) is 55.4 Å². The van der Waals surface area contributed by atoms with Crippen molar-refractivity contribution in [1.29, 1.82) is 0 Å². The minimum absolute atomic E-state index is 0.138. The second kappa shape index (κ2) is 9.09. The molecule has 1 aromatic carbocycles. The number of benzene rings is 1. The number of thioether (sulfide) groups is 1. The van der Waals surface area contributed by atoms with Gasteiger partial charge in [0.2, 0.25) is 0 Å². The Bertz CT molecular complexity index is 549. The van der Waals surface area contributed by atoms with E-state index in [1.54, 1.807) is 11.8 Å². The van der Waals surface area contributed by atoms with E-state index in [0.29, 0.717) is 5.75 Å². The van der Waals surface area contributed by atoms with Gasteiger partial charge in [-0.25, -0.2) is 0 Å². The number of hydrogen-bond acceptors (Lipinski definition) is 4. The number of carbonyl (C=O) groups is 2. The maximum absolute atomic E-state index is 11.5. The number of terminal acetylenes is 1. The monoisotopic (exact) mass is 305 g/mol. The van der Waals surface area contributed by atoms with E-state index in [-0.39, 0.29) is 31.4 Å². The van der Waals surface area contributed by atoms with E-state index in [4.69, 9.17) is 11.2 Å². The van der Waals surface area contributed by atoms with Crippen molar-refractivity contribution in [3.63, 3.8) is 0 Å². The fourth-order valence-corrected chi connectivity index (χ4v) is 2.40. The summed E-state index contributed by atoms with van der Waals surface area (Å²) >= 11 is 1.59. The van der Waals surface area contributed by atoms with Crippen LogP contribution >= 0.6 is 11.8 Å². The van der Waals surface area contributed by atoms with Gasteiger partial charge in [0, 0.05) is 10.6 Å². The lowest BCUT2D eigenvalue weighted by Gasteiger charge is -2.06. The van der Waals surface area contributed by atoms with E-state index in [1.165, 1.54) is 11.1 Å². The molecule has 0 aliphatic heterocycles. The molecule has 0 aromatic heterocycles. The van der Waals surface area contributed by atoms with Crippen molar-refractivity contribution in [2.24, 2.45) is 0 Å². The number of nitrogens with one attached hydrogen (secondary N) is 1. The highest BCUT2D eigenvalue weighted by Crippen LogP contribution is 2.21. The van der Waals surface area contributed by atoms with Gasteiger partial charge in [-0.15, -0.1) is 18.2 Å². The molecule has 0 saturated heterocycles. The van der Waals surface area contributed by atoms with Crippen LogP contribution in [-0.2, 0) is 14.3 Å². The number of aryl methyl sites for hydroxylation is 2. The lowest BCUT2D eigenvalue weighted by molar-refractivity contribution is -0.148. The van der Waals surface area contributed by atoms with E-state index < -0.39 is 0 Å². The fourth-order valence-electron chi connectivity index (χ4n) is 1.47. The molecule has 0 aliphatic carbocycles. The minimum atomic E-state index is -0.387. The maximum Gasteiger partial charge on any atom is 0.307 e. The third-order valence-electron chi connectivity index (χ3n) is 2.81. The lowest BCUT2D eigenvalue weighted by Crippen LogP contribution is -2.29. The number of carbonyl (C=O) groups excluding carboxylic acids is 2. The fraction of sp³-hybridized carbons (Fsp3) is 0.375. The quantitative estimate of drug-likeness (QED) is 0.476. The Morgan fingerprint density at radius 3 is 2.76 bits per heavy atom. The Labute approximate surface area is 129 Å². The molecule has 5 heteroatoms. The van der Waals surface area contributed by atoms with E-state index in [2.05, 4.69) is 37.2 Å². The van der Waals surface area contributed by atoms with Crippen molar-refractivity contribution < 1.29 is 14.3 Å².